The zero-order valence-corrected chi connectivity index (χ0v) is 18.3. The number of rotatable bonds is 4. The van der Waals surface area contributed by atoms with Gasteiger partial charge >= 0.3 is 0 Å². The molecule has 5 aromatic carbocycles. The van der Waals surface area contributed by atoms with Crippen molar-refractivity contribution < 1.29 is 4.79 Å². The van der Waals surface area contributed by atoms with E-state index >= 15 is 0 Å². The summed E-state index contributed by atoms with van der Waals surface area (Å²) >= 11 is 3.43. The molecule has 0 saturated carbocycles. The van der Waals surface area contributed by atoms with Gasteiger partial charge in [0.1, 0.15) is 0 Å². The second-order valence-corrected chi connectivity index (χ2v) is 8.43. The van der Waals surface area contributed by atoms with E-state index in [0.717, 1.165) is 15.6 Å². The molecule has 0 aromatic heterocycles. The zero-order chi connectivity index (χ0) is 21.2. The van der Waals surface area contributed by atoms with E-state index in [9.17, 15) is 4.79 Å². The highest BCUT2D eigenvalue weighted by Crippen LogP contribution is 2.34. The largest absolute Gasteiger partial charge is 0.289 e. The molecule has 0 aliphatic rings. The van der Waals surface area contributed by atoms with Gasteiger partial charge in [0.15, 0.2) is 5.78 Å². The van der Waals surface area contributed by atoms with Crippen molar-refractivity contribution in [2.24, 2.45) is 0 Å². The number of allylic oxidation sites excluding steroid dienone is 1. The van der Waals surface area contributed by atoms with E-state index in [-0.39, 0.29) is 5.78 Å². The minimum atomic E-state index is -0.00200. The average Bonchev–Trinajstić information content (AvgIpc) is 2.83. The van der Waals surface area contributed by atoms with Crippen molar-refractivity contribution in [1.29, 1.82) is 0 Å². The highest BCUT2D eigenvalue weighted by Gasteiger charge is 2.09. The Kier molecular flexibility index (Phi) is 5.23. The molecule has 0 N–H and O–H groups in total. The number of ketones is 1. The molecule has 5 aromatic rings. The summed E-state index contributed by atoms with van der Waals surface area (Å²) in [5, 5.41) is 4.93. The van der Waals surface area contributed by atoms with Gasteiger partial charge in [-0.05, 0) is 62.5 Å². The highest BCUT2D eigenvalue weighted by molar-refractivity contribution is 9.10. The molecular formula is C29H19BrO. The molecule has 0 unspecified atom stereocenters. The average molecular weight is 463 g/mol. The van der Waals surface area contributed by atoms with Crippen molar-refractivity contribution in [1.82, 2.24) is 0 Å². The van der Waals surface area contributed by atoms with E-state index < -0.39 is 0 Å². The fourth-order valence-electron chi connectivity index (χ4n) is 3.95. The lowest BCUT2D eigenvalue weighted by Crippen LogP contribution is -1.94. The molecule has 0 fully saturated rings. The van der Waals surface area contributed by atoms with Crippen LogP contribution < -0.4 is 0 Å². The van der Waals surface area contributed by atoms with Gasteiger partial charge in [0.05, 0.1) is 0 Å². The van der Waals surface area contributed by atoms with E-state index in [1.165, 1.54) is 27.1 Å². The lowest BCUT2D eigenvalue weighted by molar-refractivity contribution is 0.104. The predicted molar refractivity (Wildman–Crippen MR) is 134 cm³/mol. The van der Waals surface area contributed by atoms with Crippen LogP contribution >= 0.6 is 15.9 Å². The summed E-state index contributed by atoms with van der Waals surface area (Å²) in [5.41, 5.74) is 3.96. The van der Waals surface area contributed by atoms with Crippen molar-refractivity contribution in [3.63, 3.8) is 0 Å². The van der Waals surface area contributed by atoms with Crippen molar-refractivity contribution in [2.75, 3.05) is 0 Å². The van der Waals surface area contributed by atoms with Gasteiger partial charge in [-0.15, -0.1) is 0 Å². The summed E-state index contributed by atoms with van der Waals surface area (Å²) in [5.74, 6) is -0.00200. The number of benzene rings is 5. The van der Waals surface area contributed by atoms with Crippen LogP contribution in [0.4, 0.5) is 0 Å². The van der Waals surface area contributed by atoms with Crippen LogP contribution in [-0.2, 0) is 0 Å². The minimum absolute atomic E-state index is 0.00200. The number of carbonyl (C=O) groups excluding carboxylic acids is 1. The Hall–Kier alpha value is -3.49. The van der Waals surface area contributed by atoms with Crippen LogP contribution in [0.15, 0.2) is 114 Å². The summed E-state index contributed by atoms with van der Waals surface area (Å²) in [4.78, 5) is 12.6. The van der Waals surface area contributed by atoms with E-state index in [4.69, 9.17) is 0 Å². The summed E-state index contributed by atoms with van der Waals surface area (Å²) in [6.45, 7) is 0. The maximum absolute atomic E-state index is 12.6. The van der Waals surface area contributed by atoms with Crippen LogP contribution in [0.25, 0.3) is 38.7 Å². The maximum atomic E-state index is 12.6. The molecule has 0 heterocycles. The Bertz CT molecular complexity index is 1430. The minimum Gasteiger partial charge on any atom is -0.289 e. The molecule has 0 spiro atoms. The van der Waals surface area contributed by atoms with Crippen molar-refractivity contribution in [2.45, 2.75) is 0 Å². The molecule has 0 bridgehead atoms. The van der Waals surface area contributed by atoms with Gasteiger partial charge in [0, 0.05) is 10.0 Å². The summed E-state index contributed by atoms with van der Waals surface area (Å²) < 4.78 is 1.02. The molecule has 31 heavy (non-hydrogen) atoms. The third-order valence-electron chi connectivity index (χ3n) is 5.55. The first-order chi connectivity index (χ1) is 15.2. The lowest BCUT2D eigenvalue weighted by Gasteiger charge is -2.11. The molecule has 148 valence electrons. The van der Waals surface area contributed by atoms with E-state index in [2.05, 4.69) is 70.5 Å². The molecular weight excluding hydrogens is 444 g/mol. The first-order valence-electron chi connectivity index (χ1n) is 10.2. The Labute approximate surface area is 189 Å². The van der Waals surface area contributed by atoms with Gasteiger partial charge in [-0.1, -0.05) is 107 Å². The fourth-order valence-corrected chi connectivity index (χ4v) is 4.21. The van der Waals surface area contributed by atoms with Gasteiger partial charge in [0.2, 0.25) is 0 Å². The molecule has 0 aliphatic carbocycles. The summed E-state index contributed by atoms with van der Waals surface area (Å²) in [6.07, 6.45) is 3.48. The first-order valence-corrected chi connectivity index (χ1v) is 11.0. The first kappa shape index (κ1) is 19.5. The summed E-state index contributed by atoms with van der Waals surface area (Å²) in [6, 6.07) is 35.0. The number of carbonyl (C=O) groups is 1. The van der Waals surface area contributed by atoms with Crippen LogP contribution in [0.3, 0.4) is 0 Å². The highest BCUT2D eigenvalue weighted by atomic mass is 79.9. The Balaban J connectivity index is 1.49. The van der Waals surface area contributed by atoms with Gasteiger partial charge in [-0.25, -0.2) is 0 Å². The van der Waals surface area contributed by atoms with Crippen LogP contribution in [0.5, 0.6) is 0 Å². The standard InChI is InChI=1S/C29H19BrO/c30-24-16-9-20(10-17-24)11-18-29(31)22-14-12-21(13-15-22)28-19-23-5-1-2-6-25(23)26-7-3-4-8-27(26)28/h1-19H/b18-11+. The summed E-state index contributed by atoms with van der Waals surface area (Å²) in [7, 11) is 0. The number of fused-ring (bicyclic) bond motifs is 3. The molecule has 0 radical (unpaired) electrons. The topological polar surface area (TPSA) is 17.1 Å². The third kappa shape index (κ3) is 3.95. The molecule has 1 nitrogen and oxygen atoms in total. The predicted octanol–water partition coefficient (Wildman–Crippen LogP) is 8.32. The quantitative estimate of drug-likeness (QED) is 0.149. The SMILES string of the molecule is O=C(/C=C/c1ccc(Br)cc1)c1ccc(-c2cc3ccccc3c3ccccc23)cc1. The molecule has 5 rings (SSSR count). The molecule has 0 aliphatic heterocycles. The Morgan fingerprint density at radius 1 is 0.677 bits per heavy atom. The lowest BCUT2D eigenvalue weighted by atomic mass is 9.93. The van der Waals surface area contributed by atoms with Crippen molar-refractivity contribution in [3.8, 4) is 11.1 Å². The van der Waals surface area contributed by atoms with Crippen LogP contribution in [0.1, 0.15) is 15.9 Å². The fraction of sp³-hybridized carbons (Fsp3) is 0. The molecule has 2 heteroatoms. The zero-order valence-electron chi connectivity index (χ0n) is 16.8. The number of hydrogen-bond donors (Lipinski definition) is 0. The second-order valence-electron chi connectivity index (χ2n) is 7.52. The molecule has 0 saturated heterocycles. The normalized spacial score (nSPS) is 11.4. The number of halogens is 1. The number of hydrogen-bond acceptors (Lipinski definition) is 1. The van der Waals surface area contributed by atoms with Crippen molar-refractivity contribution in [3.05, 3.63) is 125 Å². The van der Waals surface area contributed by atoms with Gasteiger partial charge in [-0.3, -0.25) is 4.79 Å². The van der Waals surface area contributed by atoms with Crippen molar-refractivity contribution >= 4 is 49.3 Å². The molecule has 0 amide bonds. The third-order valence-corrected chi connectivity index (χ3v) is 6.07. The Morgan fingerprint density at radius 3 is 2.06 bits per heavy atom. The Morgan fingerprint density at radius 2 is 1.32 bits per heavy atom. The van der Waals surface area contributed by atoms with Crippen LogP contribution in [0.2, 0.25) is 0 Å². The monoisotopic (exact) mass is 462 g/mol. The van der Waals surface area contributed by atoms with Gasteiger partial charge in [-0.2, -0.15) is 0 Å². The van der Waals surface area contributed by atoms with E-state index in [1.807, 2.05) is 54.6 Å². The second kappa shape index (κ2) is 8.33. The van der Waals surface area contributed by atoms with Crippen LogP contribution in [-0.4, -0.2) is 5.78 Å². The van der Waals surface area contributed by atoms with E-state index in [0.29, 0.717) is 5.56 Å². The molecule has 0 atom stereocenters. The van der Waals surface area contributed by atoms with Gasteiger partial charge < -0.3 is 0 Å². The van der Waals surface area contributed by atoms with Crippen LogP contribution in [0, 0.1) is 0 Å². The smallest absolute Gasteiger partial charge is 0.185 e. The maximum Gasteiger partial charge on any atom is 0.185 e. The van der Waals surface area contributed by atoms with E-state index in [1.54, 1.807) is 6.08 Å². The van der Waals surface area contributed by atoms with Gasteiger partial charge in [0.25, 0.3) is 0 Å².